The summed E-state index contributed by atoms with van der Waals surface area (Å²) in [6, 6.07) is 0. The molecule has 3 rings (SSSR count). The molecule has 38 heavy (non-hydrogen) atoms. The van der Waals surface area contributed by atoms with E-state index >= 15 is 0 Å². The van der Waals surface area contributed by atoms with Crippen LogP contribution in [0.4, 0.5) is 0 Å². The summed E-state index contributed by atoms with van der Waals surface area (Å²) in [7, 11) is 0. The SMILES string of the molecule is O=C(O)C1(O)C[C@@H](O[C@H]2O[C@H](CO)[C@@H](O[C@H]3O[C@H](CO)[C@@H](O)[C@H](O)[C@@H]3O)[C@H](O)[C@H]2O)[C@H]([C@H](O)[C@H](O)CO)O1. The summed E-state index contributed by atoms with van der Waals surface area (Å²) in [5, 5.41) is 119. The fourth-order valence-electron chi connectivity index (χ4n) is 4.46. The van der Waals surface area contributed by atoms with E-state index in [0.717, 1.165) is 0 Å². The van der Waals surface area contributed by atoms with E-state index in [1.54, 1.807) is 0 Å². The molecular formula is C20H34O18. The summed E-state index contributed by atoms with van der Waals surface area (Å²) in [5.41, 5.74) is 0. The first kappa shape index (κ1) is 31.4. The van der Waals surface area contributed by atoms with Crippen LogP contribution in [0.5, 0.6) is 0 Å². The molecule has 12 N–H and O–H groups in total. The summed E-state index contributed by atoms with van der Waals surface area (Å²) in [6.07, 6.45) is -25.5. The third kappa shape index (κ3) is 6.10. The Kier molecular flexibility index (Phi) is 10.4. The van der Waals surface area contributed by atoms with Crippen molar-refractivity contribution in [2.45, 2.75) is 98.0 Å². The van der Waals surface area contributed by atoms with Gasteiger partial charge >= 0.3 is 5.97 Å². The minimum absolute atomic E-state index is 0.777. The zero-order valence-electron chi connectivity index (χ0n) is 19.7. The Labute approximate surface area is 214 Å². The summed E-state index contributed by atoms with van der Waals surface area (Å²) in [4.78, 5) is 11.5. The van der Waals surface area contributed by atoms with Gasteiger partial charge < -0.3 is 85.0 Å². The summed E-state index contributed by atoms with van der Waals surface area (Å²) >= 11 is 0. The Balaban J connectivity index is 1.76. The van der Waals surface area contributed by atoms with E-state index in [9.17, 15) is 61.0 Å². The number of hydrogen-bond acceptors (Lipinski definition) is 17. The standard InChI is InChI=1S/C20H34O18/c21-2-5(24)9(25)16-6(1-20(33,38-16)19(31)32)34-17-14(30)12(28)15(8(4-23)36-17)37-18-13(29)11(27)10(26)7(3-22)35-18/h5-18,21-30,33H,1-4H2,(H,31,32)/t5-,6-,7-,8-,9-,10-,11+,12-,13+,14-,15-,16-,17+,18-,20?/m1/s1. The highest BCUT2D eigenvalue weighted by Gasteiger charge is 2.57. The van der Waals surface area contributed by atoms with Crippen LogP contribution in [-0.4, -0.2) is 179 Å². The maximum atomic E-state index is 11.5. The van der Waals surface area contributed by atoms with E-state index in [2.05, 4.69) is 0 Å². The van der Waals surface area contributed by atoms with Crippen molar-refractivity contribution >= 4 is 5.97 Å². The van der Waals surface area contributed by atoms with Gasteiger partial charge in [0.25, 0.3) is 5.79 Å². The molecule has 0 aromatic rings. The van der Waals surface area contributed by atoms with Crippen molar-refractivity contribution in [3.05, 3.63) is 0 Å². The van der Waals surface area contributed by atoms with E-state index in [1.165, 1.54) is 0 Å². The molecule has 222 valence electrons. The normalized spacial score (nSPS) is 47.6. The number of aliphatic hydroxyl groups is 11. The quantitative estimate of drug-likeness (QED) is 0.118. The molecule has 0 saturated carbocycles. The minimum Gasteiger partial charge on any atom is -0.477 e. The number of ether oxygens (including phenoxy) is 5. The lowest BCUT2D eigenvalue weighted by atomic mass is 9.96. The van der Waals surface area contributed by atoms with E-state index in [-0.39, 0.29) is 0 Å². The first-order chi connectivity index (χ1) is 17.8. The molecule has 3 saturated heterocycles. The van der Waals surface area contributed by atoms with E-state index in [4.69, 9.17) is 28.8 Å². The van der Waals surface area contributed by atoms with E-state index < -0.39 is 124 Å². The van der Waals surface area contributed by atoms with E-state index in [1.807, 2.05) is 0 Å². The highest BCUT2D eigenvalue weighted by molar-refractivity contribution is 5.75. The first-order valence-electron chi connectivity index (χ1n) is 11.6. The Bertz CT molecular complexity index is 783. The number of carboxylic acid groups (broad SMARTS) is 1. The molecule has 15 atom stereocenters. The molecule has 0 bridgehead atoms. The van der Waals surface area contributed by atoms with Crippen LogP contribution in [0.2, 0.25) is 0 Å². The molecule has 18 heteroatoms. The molecule has 3 aliphatic heterocycles. The topological polar surface area (TPSA) is 306 Å². The molecule has 3 heterocycles. The van der Waals surface area contributed by atoms with Gasteiger partial charge in [-0.2, -0.15) is 0 Å². The number of aliphatic hydroxyl groups excluding tert-OH is 10. The van der Waals surface area contributed by atoms with Crippen molar-refractivity contribution in [1.29, 1.82) is 0 Å². The molecule has 3 aliphatic rings. The Morgan fingerprint density at radius 3 is 1.95 bits per heavy atom. The van der Waals surface area contributed by atoms with Crippen LogP contribution in [0.15, 0.2) is 0 Å². The molecule has 3 fully saturated rings. The average Bonchev–Trinajstić information content (AvgIpc) is 3.24. The van der Waals surface area contributed by atoms with Crippen LogP contribution >= 0.6 is 0 Å². The van der Waals surface area contributed by atoms with Crippen LogP contribution < -0.4 is 0 Å². The van der Waals surface area contributed by atoms with Gasteiger partial charge in [0.1, 0.15) is 67.1 Å². The zero-order valence-corrected chi connectivity index (χ0v) is 19.7. The Morgan fingerprint density at radius 2 is 1.39 bits per heavy atom. The Morgan fingerprint density at radius 1 is 0.842 bits per heavy atom. The number of carbonyl (C=O) groups is 1. The third-order valence-electron chi connectivity index (χ3n) is 6.70. The molecule has 18 nitrogen and oxygen atoms in total. The average molecular weight is 562 g/mol. The van der Waals surface area contributed by atoms with Crippen molar-refractivity contribution in [3.63, 3.8) is 0 Å². The lowest BCUT2D eigenvalue weighted by Crippen LogP contribution is -2.65. The second-order valence-corrected chi connectivity index (χ2v) is 9.30. The Hall–Kier alpha value is -1.17. The lowest BCUT2D eigenvalue weighted by molar-refractivity contribution is -0.364. The molecule has 1 unspecified atom stereocenters. The second-order valence-electron chi connectivity index (χ2n) is 9.30. The maximum Gasteiger partial charge on any atom is 0.364 e. The van der Waals surface area contributed by atoms with Crippen LogP contribution in [-0.2, 0) is 28.5 Å². The monoisotopic (exact) mass is 562 g/mol. The summed E-state index contributed by atoms with van der Waals surface area (Å²) in [5.74, 6) is -4.76. The highest BCUT2D eigenvalue weighted by Crippen LogP contribution is 2.37. The van der Waals surface area contributed by atoms with Crippen molar-refractivity contribution in [2.24, 2.45) is 0 Å². The second kappa shape index (κ2) is 12.6. The molecule has 0 amide bonds. The van der Waals surface area contributed by atoms with Gasteiger partial charge in [-0.05, 0) is 0 Å². The highest BCUT2D eigenvalue weighted by atomic mass is 16.8. The third-order valence-corrected chi connectivity index (χ3v) is 6.70. The molecule has 0 spiro atoms. The van der Waals surface area contributed by atoms with Crippen LogP contribution in [0.25, 0.3) is 0 Å². The first-order valence-corrected chi connectivity index (χ1v) is 11.6. The van der Waals surface area contributed by atoms with E-state index in [0.29, 0.717) is 0 Å². The summed E-state index contributed by atoms with van der Waals surface area (Å²) < 4.78 is 26.5. The smallest absolute Gasteiger partial charge is 0.364 e. The molecular weight excluding hydrogens is 528 g/mol. The number of aliphatic carboxylic acids is 1. The molecule has 0 aliphatic carbocycles. The molecule has 0 aromatic heterocycles. The predicted octanol–water partition coefficient (Wildman–Crippen LogP) is -7.73. The minimum atomic E-state index is -2.89. The van der Waals surface area contributed by atoms with Crippen LogP contribution in [0.3, 0.4) is 0 Å². The number of rotatable bonds is 10. The van der Waals surface area contributed by atoms with Gasteiger partial charge in [0.15, 0.2) is 12.6 Å². The van der Waals surface area contributed by atoms with Gasteiger partial charge in [-0.25, -0.2) is 4.79 Å². The van der Waals surface area contributed by atoms with Gasteiger partial charge in [-0.1, -0.05) is 0 Å². The molecule has 0 radical (unpaired) electrons. The van der Waals surface area contributed by atoms with Gasteiger partial charge in [0, 0.05) is 6.42 Å². The number of hydrogen-bond donors (Lipinski definition) is 12. The van der Waals surface area contributed by atoms with Crippen LogP contribution in [0, 0.1) is 0 Å². The summed E-state index contributed by atoms with van der Waals surface area (Å²) in [6.45, 7) is -2.63. The fraction of sp³-hybridized carbons (Fsp3) is 0.950. The fourth-order valence-corrected chi connectivity index (χ4v) is 4.46. The van der Waals surface area contributed by atoms with Crippen molar-refractivity contribution in [1.82, 2.24) is 0 Å². The predicted molar refractivity (Wildman–Crippen MR) is 112 cm³/mol. The van der Waals surface area contributed by atoms with Crippen molar-refractivity contribution < 1.29 is 89.8 Å². The maximum absolute atomic E-state index is 11.5. The van der Waals surface area contributed by atoms with Gasteiger partial charge in [-0.15, -0.1) is 0 Å². The van der Waals surface area contributed by atoms with Crippen molar-refractivity contribution in [3.8, 4) is 0 Å². The van der Waals surface area contributed by atoms with Crippen molar-refractivity contribution in [2.75, 3.05) is 19.8 Å². The van der Waals surface area contributed by atoms with Gasteiger partial charge in [0.05, 0.1) is 25.9 Å². The molecule has 0 aromatic carbocycles. The van der Waals surface area contributed by atoms with Crippen LogP contribution in [0.1, 0.15) is 6.42 Å². The lowest BCUT2D eigenvalue weighted by Gasteiger charge is -2.46. The van der Waals surface area contributed by atoms with Gasteiger partial charge in [0.2, 0.25) is 0 Å². The van der Waals surface area contributed by atoms with Gasteiger partial charge in [-0.3, -0.25) is 0 Å². The zero-order chi connectivity index (χ0) is 28.5. The number of carboxylic acids is 1. The largest absolute Gasteiger partial charge is 0.477 e.